The van der Waals surface area contributed by atoms with Crippen LogP contribution in [0.1, 0.15) is 31.9 Å². The van der Waals surface area contributed by atoms with E-state index in [0.29, 0.717) is 0 Å². The van der Waals surface area contributed by atoms with Crippen molar-refractivity contribution in [2.45, 2.75) is 39.8 Å². The van der Waals surface area contributed by atoms with Crippen LogP contribution in [0.4, 0.5) is 0 Å². The van der Waals surface area contributed by atoms with Gasteiger partial charge in [0.05, 0.1) is 5.60 Å². The second-order valence-corrected chi connectivity index (χ2v) is 4.46. The molecule has 0 radical (unpaired) electrons. The highest BCUT2D eigenvalue weighted by molar-refractivity contribution is 5.24. The molecule has 14 heavy (non-hydrogen) atoms. The lowest BCUT2D eigenvalue weighted by Gasteiger charge is -2.19. The maximum absolute atomic E-state index is 5.44. The Morgan fingerprint density at radius 1 is 1.21 bits per heavy atom. The second kappa shape index (κ2) is 4.58. The van der Waals surface area contributed by atoms with Crippen molar-refractivity contribution in [2.24, 2.45) is 0 Å². The van der Waals surface area contributed by atoms with Gasteiger partial charge in [0.1, 0.15) is 0 Å². The summed E-state index contributed by atoms with van der Waals surface area (Å²) in [6.07, 6.45) is 0. The van der Waals surface area contributed by atoms with E-state index in [0.717, 1.165) is 6.54 Å². The van der Waals surface area contributed by atoms with Gasteiger partial charge in [-0.3, -0.25) is 4.84 Å². The van der Waals surface area contributed by atoms with E-state index < -0.39 is 0 Å². The number of hydrogen-bond donors (Lipinski definition) is 1. The number of rotatable bonds is 3. The maximum atomic E-state index is 5.44. The Labute approximate surface area is 86.2 Å². The summed E-state index contributed by atoms with van der Waals surface area (Å²) in [6.45, 7) is 8.94. The zero-order valence-electron chi connectivity index (χ0n) is 9.42. The molecule has 0 aromatic heterocycles. The van der Waals surface area contributed by atoms with Crippen LogP contribution >= 0.6 is 0 Å². The topological polar surface area (TPSA) is 21.3 Å². The number of aryl methyl sites for hydroxylation is 1. The molecule has 2 heteroatoms. The molecule has 78 valence electrons. The molecule has 1 aromatic carbocycles. The molecule has 1 aromatic rings. The predicted molar refractivity (Wildman–Crippen MR) is 58.9 cm³/mol. The van der Waals surface area contributed by atoms with E-state index >= 15 is 0 Å². The van der Waals surface area contributed by atoms with E-state index in [4.69, 9.17) is 4.84 Å². The van der Waals surface area contributed by atoms with Crippen molar-refractivity contribution in [3.8, 4) is 0 Å². The SMILES string of the molecule is Cc1ccccc1CNOC(C)(C)C. The van der Waals surface area contributed by atoms with E-state index in [2.05, 4.69) is 24.5 Å². The van der Waals surface area contributed by atoms with Crippen molar-refractivity contribution in [2.75, 3.05) is 0 Å². The zero-order valence-corrected chi connectivity index (χ0v) is 9.42. The molecular weight excluding hydrogens is 174 g/mol. The van der Waals surface area contributed by atoms with Crippen molar-refractivity contribution in [3.05, 3.63) is 35.4 Å². The first-order valence-electron chi connectivity index (χ1n) is 4.94. The zero-order chi connectivity index (χ0) is 10.6. The molecule has 2 nitrogen and oxygen atoms in total. The first-order valence-corrected chi connectivity index (χ1v) is 4.94. The Kier molecular flexibility index (Phi) is 3.67. The first kappa shape index (κ1) is 11.2. The lowest BCUT2D eigenvalue weighted by Crippen LogP contribution is -2.28. The summed E-state index contributed by atoms with van der Waals surface area (Å²) in [5.41, 5.74) is 5.41. The van der Waals surface area contributed by atoms with Crippen LogP contribution in [0, 0.1) is 6.92 Å². The molecule has 0 heterocycles. The summed E-state index contributed by atoms with van der Waals surface area (Å²) in [4.78, 5) is 5.44. The lowest BCUT2D eigenvalue weighted by molar-refractivity contribution is -0.0758. The monoisotopic (exact) mass is 193 g/mol. The molecule has 1 rings (SSSR count). The van der Waals surface area contributed by atoms with Gasteiger partial charge in [-0.25, -0.2) is 0 Å². The van der Waals surface area contributed by atoms with E-state index in [1.165, 1.54) is 11.1 Å². The van der Waals surface area contributed by atoms with Crippen molar-refractivity contribution < 1.29 is 4.84 Å². The van der Waals surface area contributed by atoms with Gasteiger partial charge in [-0.15, -0.1) is 0 Å². The van der Waals surface area contributed by atoms with Gasteiger partial charge in [-0.05, 0) is 38.8 Å². The minimum absolute atomic E-state index is 0.136. The standard InChI is InChI=1S/C12H19NO/c1-10-7-5-6-8-11(10)9-13-14-12(2,3)4/h5-8,13H,9H2,1-4H3. The van der Waals surface area contributed by atoms with Gasteiger partial charge in [0.25, 0.3) is 0 Å². The normalized spacial score (nSPS) is 11.7. The summed E-state index contributed by atoms with van der Waals surface area (Å²) >= 11 is 0. The van der Waals surface area contributed by atoms with Crippen LogP contribution in [0.15, 0.2) is 24.3 Å². The van der Waals surface area contributed by atoms with Gasteiger partial charge in [-0.2, -0.15) is 5.48 Å². The smallest absolute Gasteiger partial charge is 0.0813 e. The number of nitrogens with one attached hydrogen (secondary N) is 1. The van der Waals surface area contributed by atoms with E-state index in [-0.39, 0.29) is 5.60 Å². The largest absolute Gasteiger partial charge is 0.296 e. The van der Waals surface area contributed by atoms with Crippen LogP contribution in [0.5, 0.6) is 0 Å². The van der Waals surface area contributed by atoms with Crippen molar-refractivity contribution in [3.63, 3.8) is 0 Å². The third-order valence-corrected chi connectivity index (χ3v) is 1.90. The van der Waals surface area contributed by atoms with Gasteiger partial charge in [0, 0.05) is 6.54 Å². The minimum atomic E-state index is -0.136. The molecule has 0 bridgehead atoms. The first-order chi connectivity index (χ1) is 6.49. The van der Waals surface area contributed by atoms with Crippen molar-refractivity contribution in [1.82, 2.24) is 5.48 Å². The van der Waals surface area contributed by atoms with Gasteiger partial charge in [0.15, 0.2) is 0 Å². The van der Waals surface area contributed by atoms with Gasteiger partial charge in [-0.1, -0.05) is 24.3 Å². The van der Waals surface area contributed by atoms with E-state index in [9.17, 15) is 0 Å². The minimum Gasteiger partial charge on any atom is -0.296 e. The second-order valence-electron chi connectivity index (χ2n) is 4.46. The van der Waals surface area contributed by atoms with Crippen LogP contribution in [-0.4, -0.2) is 5.60 Å². The maximum Gasteiger partial charge on any atom is 0.0813 e. The lowest BCUT2D eigenvalue weighted by atomic mass is 10.1. The Bertz CT molecular complexity index is 289. The van der Waals surface area contributed by atoms with E-state index in [1.54, 1.807) is 0 Å². The van der Waals surface area contributed by atoms with Crippen LogP contribution < -0.4 is 5.48 Å². The summed E-state index contributed by atoms with van der Waals surface area (Å²) in [5.74, 6) is 0. The van der Waals surface area contributed by atoms with Crippen molar-refractivity contribution >= 4 is 0 Å². The molecule has 0 saturated carbocycles. The molecule has 0 aliphatic rings. The van der Waals surface area contributed by atoms with Crippen LogP contribution in [0.3, 0.4) is 0 Å². The third-order valence-electron chi connectivity index (χ3n) is 1.90. The number of hydroxylamine groups is 1. The average molecular weight is 193 g/mol. The van der Waals surface area contributed by atoms with E-state index in [1.807, 2.05) is 32.9 Å². The van der Waals surface area contributed by atoms with Gasteiger partial charge < -0.3 is 0 Å². The van der Waals surface area contributed by atoms with Gasteiger partial charge >= 0.3 is 0 Å². The molecule has 0 fully saturated rings. The fraction of sp³-hybridized carbons (Fsp3) is 0.500. The molecule has 0 aliphatic carbocycles. The molecule has 1 N–H and O–H groups in total. The molecule has 0 unspecified atom stereocenters. The van der Waals surface area contributed by atoms with Crippen LogP contribution in [0.25, 0.3) is 0 Å². The van der Waals surface area contributed by atoms with Crippen molar-refractivity contribution in [1.29, 1.82) is 0 Å². The Hall–Kier alpha value is -0.860. The summed E-state index contributed by atoms with van der Waals surface area (Å²) in [5, 5.41) is 0. The van der Waals surface area contributed by atoms with Gasteiger partial charge in [0.2, 0.25) is 0 Å². The molecular formula is C12H19NO. The highest BCUT2D eigenvalue weighted by atomic mass is 16.7. The third kappa shape index (κ3) is 3.90. The summed E-state index contributed by atoms with van der Waals surface area (Å²) in [7, 11) is 0. The predicted octanol–water partition coefficient (Wildman–Crippen LogP) is 2.81. The molecule has 0 atom stereocenters. The van der Waals surface area contributed by atoms with Crippen LogP contribution in [0.2, 0.25) is 0 Å². The molecule has 0 amide bonds. The fourth-order valence-corrected chi connectivity index (χ4v) is 1.14. The van der Waals surface area contributed by atoms with Crippen LogP contribution in [-0.2, 0) is 11.4 Å². The highest BCUT2D eigenvalue weighted by Crippen LogP contribution is 2.08. The molecule has 0 spiro atoms. The fourth-order valence-electron chi connectivity index (χ4n) is 1.14. The highest BCUT2D eigenvalue weighted by Gasteiger charge is 2.09. The molecule has 0 saturated heterocycles. The molecule has 0 aliphatic heterocycles. The Morgan fingerprint density at radius 2 is 1.86 bits per heavy atom. The summed E-state index contributed by atoms with van der Waals surface area (Å²) in [6, 6.07) is 8.30. The Balaban J connectivity index is 2.43. The quantitative estimate of drug-likeness (QED) is 0.745. The summed E-state index contributed by atoms with van der Waals surface area (Å²) < 4.78 is 0. The Morgan fingerprint density at radius 3 is 2.43 bits per heavy atom. The average Bonchev–Trinajstić information content (AvgIpc) is 2.06. The number of benzene rings is 1. The number of hydrogen-bond acceptors (Lipinski definition) is 2.